The Morgan fingerprint density at radius 1 is 0.514 bits per heavy atom. The number of nitrogens with zero attached hydrogens (tertiary/aromatic N) is 2. The molecule has 0 unspecified atom stereocenters. The number of thiophene rings is 2. The monoisotopic (exact) mass is 502 g/mol. The first kappa shape index (κ1) is 19.9. The minimum absolute atomic E-state index is 1.01. The summed E-state index contributed by atoms with van der Waals surface area (Å²) in [5.41, 5.74) is 4.38. The predicted octanol–water partition coefficient (Wildman–Crippen LogP) is 9.86. The molecule has 0 spiro atoms. The summed E-state index contributed by atoms with van der Waals surface area (Å²) in [6.45, 7) is 4.29. The van der Waals surface area contributed by atoms with Crippen molar-refractivity contribution in [3.05, 3.63) is 83.2 Å². The lowest BCUT2D eigenvalue weighted by molar-refractivity contribution is 1.48. The van der Waals surface area contributed by atoms with E-state index in [4.69, 9.17) is 0 Å². The molecule has 0 radical (unpaired) electrons. The summed E-state index contributed by atoms with van der Waals surface area (Å²) in [6, 6.07) is 27.4. The van der Waals surface area contributed by atoms with Crippen molar-refractivity contribution in [2.75, 3.05) is 0 Å². The Morgan fingerprint density at radius 2 is 1.06 bits per heavy atom. The van der Waals surface area contributed by atoms with Crippen molar-refractivity contribution in [2.24, 2.45) is 0 Å². The second-order valence-corrected chi connectivity index (χ2v) is 12.1. The molecule has 8 rings (SSSR count). The number of hydrogen-bond donors (Lipinski definition) is 0. The summed E-state index contributed by atoms with van der Waals surface area (Å²) in [6.07, 6.45) is 0. The molecule has 0 amide bonds. The average molecular weight is 503 g/mol. The van der Waals surface area contributed by atoms with Gasteiger partial charge >= 0.3 is 0 Å². The molecule has 0 aliphatic carbocycles. The van der Waals surface area contributed by atoms with E-state index < -0.39 is 0 Å². The lowest BCUT2D eigenvalue weighted by Crippen LogP contribution is -1.82. The molecule has 3 aromatic heterocycles. The SMILES string of the molecule is Cc1cc2c(ccc3c2ccc2c4ccc5sc(-c6ccc(C)c7nsnc67)cc5c4ccc32)s1. The number of aryl methyl sites for hydroxylation is 2. The van der Waals surface area contributed by atoms with E-state index in [1.807, 2.05) is 22.7 Å². The second kappa shape index (κ2) is 7.08. The highest BCUT2D eigenvalue weighted by molar-refractivity contribution is 7.22. The van der Waals surface area contributed by atoms with Crippen LogP contribution in [0, 0.1) is 13.8 Å². The molecule has 0 bridgehead atoms. The Bertz CT molecular complexity index is 2140. The molecule has 3 heterocycles. The third-order valence-corrected chi connectivity index (χ3v) is 9.87. The number of hydrogen-bond acceptors (Lipinski definition) is 5. The molecule has 0 saturated heterocycles. The molecular weight excluding hydrogens is 485 g/mol. The molecule has 2 nitrogen and oxygen atoms in total. The quantitative estimate of drug-likeness (QED) is 0.209. The van der Waals surface area contributed by atoms with Crippen LogP contribution in [0.4, 0.5) is 0 Å². The van der Waals surface area contributed by atoms with Crippen LogP contribution in [0.2, 0.25) is 0 Å². The first-order chi connectivity index (χ1) is 17.2. The van der Waals surface area contributed by atoms with Gasteiger partial charge in [-0.25, -0.2) is 0 Å². The molecular formula is C30H18N2S3. The third kappa shape index (κ3) is 2.74. The normalized spacial score (nSPS) is 12.3. The molecule has 0 fully saturated rings. The van der Waals surface area contributed by atoms with Crippen molar-refractivity contribution in [3.8, 4) is 10.4 Å². The summed E-state index contributed by atoms with van der Waals surface area (Å²) in [5, 5.41) is 10.6. The van der Waals surface area contributed by atoms with Gasteiger partial charge in [0.25, 0.3) is 0 Å². The van der Waals surface area contributed by atoms with Gasteiger partial charge < -0.3 is 0 Å². The zero-order valence-electron chi connectivity index (χ0n) is 19.0. The maximum atomic E-state index is 4.62. The lowest BCUT2D eigenvalue weighted by Gasteiger charge is -2.09. The summed E-state index contributed by atoms with van der Waals surface area (Å²) in [7, 11) is 0. The Morgan fingerprint density at radius 3 is 1.74 bits per heavy atom. The van der Waals surface area contributed by atoms with Gasteiger partial charge in [0.2, 0.25) is 0 Å². The van der Waals surface area contributed by atoms with Crippen molar-refractivity contribution in [2.45, 2.75) is 13.8 Å². The number of rotatable bonds is 1. The topological polar surface area (TPSA) is 25.8 Å². The molecule has 0 aliphatic heterocycles. The molecule has 0 saturated carbocycles. The third-order valence-electron chi connectivity index (χ3n) is 7.19. The molecule has 35 heavy (non-hydrogen) atoms. The Balaban J connectivity index is 1.40. The molecule has 0 aliphatic rings. The van der Waals surface area contributed by atoms with Crippen LogP contribution in [-0.2, 0) is 0 Å². The van der Waals surface area contributed by atoms with E-state index in [1.54, 1.807) is 0 Å². The van der Waals surface area contributed by atoms with Crippen LogP contribution in [-0.4, -0.2) is 8.75 Å². The number of benzene rings is 5. The molecule has 0 atom stereocenters. The van der Waals surface area contributed by atoms with E-state index in [0.29, 0.717) is 0 Å². The van der Waals surface area contributed by atoms with E-state index in [9.17, 15) is 0 Å². The lowest BCUT2D eigenvalue weighted by atomic mass is 9.94. The minimum atomic E-state index is 1.01. The fourth-order valence-corrected chi connectivity index (χ4v) is 8.19. The fraction of sp³-hybridized carbons (Fsp3) is 0.0667. The molecule has 0 N–H and O–H groups in total. The zero-order chi connectivity index (χ0) is 23.3. The van der Waals surface area contributed by atoms with Crippen molar-refractivity contribution in [1.29, 1.82) is 0 Å². The smallest absolute Gasteiger partial charge is 0.113 e. The van der Waals surface area contributed by atoms with E-state index in [-0.39, 0.29) is 0 Å². The zero-order valence-corrected chi connectivity index (χ0v) is 21.5. The summed E-state index contributed by atoms with van der Waals surface area (Å²) in [4.78, 5) is 2.61. The maximum absolute atomic E-state index is 4.62. The first-order valence-corrected chi connectivity index (χ1v) is 14.0. The Hall–Kier alpha value is -3.38. The van der Waals surface area contributed by atoms with Gasteiger partial charge in [-0.3, -0.25) is 0 Å². The van der Waals surface area contributed by atoms with Crippen LogP contribution in [0.1, 0.15) is 10.4 Å². The summed E-state index contributed by atoms with van der Waals surface area (Å²) < 4.78 is 11.8. The van der Waals surface area contributed by atoms with Crippen LogP contribution < -0.4 is 0 Å². The van der Waals surface area contributed by atoms with Gasteiger partial charge in [-0.15, -0.1) is 22.7 Å². The van der Waals surface area contributed by atoms with E-state index >= 15 is 0 Å². The largest absolute Gasteiger partial charge is 0.173 e. The Kier molecular flexibility index (Phi) is 4.02. The van der Waals surface area contributed by atoms with Crippen molar-refractivity contribution >= 4 is 97.9 Å². The summed E-state index contributed by atoms with van der Waals surface area (Å²) >= 11 is 5.01. The number of fused-ring (bicyclic) bond motifs is 10. The van der Waals surface area contributed by atoms with Gasteiger partial charge in [-0.2, -0.15) is 8.75 Å². The van der Waals surface area contributed by atoms with Crippen LogP contribution in [0.15, 0.2) is 72.8 Å². The van der Waals surface area contributed by atoms with Crippen LogP contribution in [0.25, 0.3) is 74.0 Å². The van der Waals surface area contributed by atoms with Gasteiger partial charge in [-0.05, 0) is 76.0 Å². The molecule has 5 aromatic carbocycles. The molecule has 166 valence electrons. The Labute approximate surface area is 213 Å². The number of aromatic nitrogens is 2. The molecule has 5 heteroatoms. The van der Waals surface area contributed by atoms with Crippen molar-refractivity contribution in [1.82, 2.24) is 8.75 Å². The van der Waals surface area contributed by atoms with Gasteiger partial charge in [-0.1, -0.05) is 48.5 Å². The van der Waals surface area contributed by atoms with Crippen molar-refractivity contribution < 1.29 is 0 Å². The maximum Gasteiger partial charge on any atom is 0.113 e. The molecule has 8 aromatic rings. The minimum Gasteiger partial charge on any atom is -0.173 e. The first-order valence-electron chi connectivity index (χ1n) is 11.6. The highest BCUT2D eigenvalue weighted by atomic mass is 32.1. The van der Waals surface area contributed by atoms with Crippen molar-refractivity contribution in [3.63, 3.8) is 0 Å². The summed E-state index contributed by atoms with van der Waals surface area (Å²) in [5.74, 6) is 0. The predicted molar refractivity (Wildman–Crippen MR) is 156 cm³/mol. The van der Waals surface area contributed by atoms with E-state index in [1.165, 1.54) is 85.1 Å². The van der Waals surface area contributed by atoms with E-state index in [2.05, 4.69) is 95.4 Å². The van der Waals surface area contributed by atoms with Gasteiger partial charge in [0.1, 0.15) is 11.0 Å². The van der Waals surface area contributed by atoms with Crippen LogP contribution >= 0.6 is 34.4 Å². The average Bonchev–Trinajstić information content (AvgIpc) is 3.61. The second-order valence-electron chi connectivity index (χ2n) is 9.23. The van der Waals surface area contributed by atoms with Crippen LogP contribution in [0.3, 0.4) is 0 Å². The van der Waals surface area contributed by atoms with Gasteiger partial charge in [0.15, 0.2) is 0 Å². The van der Waals surface area contributed by atoms with Gasteiger partial charge in [0, 0.05) is 35.5 Å². The van der Waals surface area contributed by atoms with Crippen LogP contribution in [0.5, 0.6) is 0 Å². The highest BCUT2D eigenvalue weighted by Gasteiger charge is 2.15. The standard InChI is InChI=1S/C30H18N2S3/c1-15-3-4-23(30-29(15)31-35-32-30)28-14-25-22-8-6-17-18(20(22)10-12-27(25)34-28)5-7-21-19(17)9-11-26-24(21)13-16(2)33-26/h3-14H,1-2H3. The van der Waals surface area contributed by atoms with Gasteiger partial charge in [0.05, 0.1) is 11.7 Å². The highest BCUT2D eigenvalue weighted by Crippen LogP contribution is 2.43. The fourth-order valence-electron chi connectivity index (χ4n) is 5.53. The van der Waals surface area contributed by atoms with E-state index in [0.717, 1.165) is 11.0 Å².